The summed E-state index contributed by atoms with van der Waals surface area (Å²) >= 11 is 0. The van der Waals surface area contributed by atoms with Crippen LogP contribution in [0.2, 0.25) is 0 Å². The van der Waals surface area contributed by atoms with Crippen molar-refractivity contribution < 1.29 is 38.0 Å². The Kier molecular flexibility index (Phi) is 10.1. The van der Waals surface area contributed by atoms with Gasteiger partial charge in [-0.25, -0.2) is 9.59 Å². The third-order valence-corrected chi connectivity index (χ3v) is 6.85. The second-order valence-corrected chi connectivity index (χ2v) is 11.2. The van der Waals surface area contributed by atoms with E-state index in [4.69, 9.17) is 28.4 Å². The van der Waals surface area contributed by atoms with Crippen LogP contribution in [-0.2, 0) is 28.4 Å². The molecule has 0 N–H and O–H groups in total. The third-order valence-electron chi connectivity index (χ3n) is 6.85. The van der Waals surface area contributed by atoms with E-state index in [0.29, 0.717) is 50.8 Å². The van der Waals surface area contributed by atoms with Gasteiger partial charge >= 0.3 is 11.9 Å². The van der Waals surface area contributed by atoms with Crippen molar-refractivity contribution in [1.29, 1.82) is 0 Å². The lowest BCUT2D eigenvalue weighted by atomic mass is 9.90. The normalized spacial score (nSPS) is 17.4. The van der Waals surface area contributed by atoms with Gasteiger partial charge in [0.05, 0.1) is 64.0 Å². The molecule has 2 aliphatic heterocycles. The summed E-state index contributed by atoms with van der Waals surface area (Å²) in [6.45, 7) is 10.7. The molecule has 8 nitrogen and oxygen atoms in total. The van der Waals surface area contributed by atoms with Crippen molar-refractivity contribution in [2.75, 3.05) is 66.1 Å². The summed E-state index contributed by atoms with van der Waals surface area (Å²) in [5.74, 6) is -0.748. The highest BCUT2D eigenvalue weighted by molar-refractivity contribution is 5.99. The number of carbonyl (C=O) groups is 2. The highest BCUT2D eigenvalue weighted by Crippen LogP contribution is 2.27. The van der Waals surface area contributed by atoms with Crippen molar-refractivity contribution in [3.8, 4) is 0 Å². The van der Waals surface area contributed by atoms with Gasteiger partial charge < -0.3 is 28.4 Å². The summed E-state index contributed by atoms with van der Waals surface area (Å²) in [6, 6.07) is 10.7. The first kappa shape index (κ1) is 28.5. The maximum atomic E-state index is 12.5. The van der Waals surface area contributed by atoms with Gasteiger partial charge in [-0.2, -0.15) is 0 Å². The van der Waals surface area contributed by atoms with Crippen LogP contribution in [0.3, 0.4) is 0 Å². The van der Waals surface area contributed by atoms with Gasteiger partial charge in [-0.1, -0.05) is 26.0 Å². The number of fused-ring (bicyclic) bond motifs is 1. The van der Waals surface area contributed by atoms with E-state index < -0.39 is 0 Å². The lowest BCUT2D eigenvalue weighted by Crippen LogP contribution is -2.43. The molecule has 0 aliphatic carbocycles. The number of esters is 2. The van der Waals surface area contributed by atoms with E-state index in [-0.39, 0.29) is 22.8 Å². The Morgan fingerprint density at radius 3 is 1.47 bits per heavy atom. The van der Waals surface area contributed by atoms with Crippen molar-refractivity contribution in [3.63, 3.8) is 0 Å². The summed E-state index contributed by atoms with van der Waals surface area (Å²) in [6.07, 6.45) is 3.14. The van der Waals surface area contributed by atoms with E-state index in [1.165, 1.54) is 0 Å². The molecule has 2 fully saturated rings. The zero-order valence-corrected chi connectivity index (χ0v) is 22.6. The van der Waals surface area contributed by atoms with Crippen LogP contribution in [0.5, 0.6) is 0 Å². The first-order valence-electron chi connectivity index (χ1n) is 13.6. The van der Waals surface area contributed by atoms with Crippen molar-refractivity contribution in [3.05, 3.63) is 47.5 Å². The fraction of sp³-hybridized carbons (Fsp3) is 0.600. The predicted molar refractivity (Wildman–Crippen MR) is 142 cm³/mol. The third kappa shape index (κ3) is 8.24. The van der Waals surface area contributed by atoms with E-state index in [0.717, 1.165) is 62.9 Å². The van der Waals surface area contributed by atoms with Gasteiger partial charge in [0.25, 0.3) is 0 Å². The minimum Gasteiger partial charge on any atom is -0.462 e. The summed E-state index contributed by atoms with van der Waals surface area (Å²) < 4.78 is 32.7. The fourth-order valence-electron chi connectivity index (χ4n) is 4.31. The van der Waals surface area contributed by atoms with Gasteiger partial charge in [0.2, 0.25) is 0 Å². The Hall–Kier alpha value is -2.52. The van der Waals surface area contributed by atoms with Crippen molar-refractivity contribution >= 4 is 22.7 Å². The number of carbonyl (C=O) groups excluding carboxylic acids is 2. The van der Waals surface area contributed by atoms with Crippen LogP contribution in [0.1, 0.15) is 60.2 Å². The van der Waals surface area contributed by atoms with Gasteiger partial charge in [-0.05, 0) is 60.7 Å². The molecule has 0 bridgehead atoms. The first-order chi connectivity index (χ1) is 18.4. The van der Waals surface area contributed by atoms with Crippen molar-refractivity contribution in [1.82, 2.24) is 0 Å². The van der Waals surface area contributed by atoms with Crippen LogP contribution in [-0.4, -0.2) is 78.0 Å². The molecule has 0 aromatic heterocycles. The summed E-state index contributed by atoms with van der Waals surface area (Å²) in [5.41, 5.74) is 1.22. The topological polar surface area (TPSA) is 89.5 Å². The molecular formula is C30H40O8. The van der Waals surface area contributed by atoms with Crippen LogP contribution >= 0.6 is 0 Å². The molecule has 0 radical (unpaired) electrons. The van der Waals surface area contributed by atoms with Gasteiger partial charge in [-0.15, -0.1) is 0 Å². The standard InChI is InChI=1S/C30H40O8/c1-29(19-35-20-29)17-33-11-3-5-13-37-27(31)24-9-7-23-8-10-25(16-26(23)15-24)28(32)38-14-6-4-12-34-18-30(2)21-36-22-30/h7-10,15-16H,3-6,11-14,17-22H2,1-2H3. The number of benzene rings is 2. The molecule has 2 aromatic rings. The molecule has 8 heteroatoms. The Balaban J connectivity index is 1.14. The highest BCUT2D eigenvalue weighted by Gasteiger charge is 2.34. The molecule has 2 heterocycles. The van der Waals surface area contributed by atoms with E-state index in [1.807, 2.05) is 12.1 Å². The molecule has 4 rings (SSSR count). The van der Waals surface area contributed by atoms with Crippen LogP contribution in [0.25, 0.3) is 10.8 Å². The van der Waals surface area contributed by atoms with Crippen molar-refractivity contribution in [2.24, 2.45) is 10.8 Å². The molecule has 2 aliphatic rings. The highest BCUT2D eigenvalue weighted by atomic mass is 16.5. The van der Waals surface area contributed by atoms with Crippen LogP contribution in [0.4, 0.5) is 0 Å². The van der Waals surface area contributed by atoms with Crippen molar-refractivity contribution in [2.45, 2.75) is 39.5 Å². The Bertz CT molecular complexity index is 992. The Morgan fingerprint density at radius 2 is 1.08 bits per heavy atom. The SMILES string of the molecule is CC1(COCCCCOC(=O)c2ccc3ccc(C(=O)OCCCCOCC4(C)COC4)cc3c2)COC1. The summed E-state index contributed by atoms with van der Waals surface area (Å²) in [7, 11) is 0. The van der Waals surface area contributed by atoms with Crippen LogP contribution in [0, 0.1) is 10.8 Å². The van der Waals surface area contributed by atoms with Crippen LogP contribution < -0.4 is 0 Å². The van der Waals surface area contributed by atoms with Gasteiger partial charge in [0, 0.05) is 24.0 Å². The van der Waals surface area contributed by atoms with Crippen LogP contribution in [0.15, 0.2) is 36.4 Å². The minimum atomic E-state index is -0.374. The van der Waals surface area contributed by atoms with E-state index >= 15 is 0 Å². The quantitative estimate of drug-likeness (QED) is 0.226. The molecule has 38 heavy (non-hydrogen) atoms. The Labute approximate surface area is 224 Å². The number of ether oxygens (including phenoxy) is 6. The second-order valence-electron chi connectivity index (χ2n) is 11.2. The van der Waals surface area contributed by atoms with Gasteiger partial charge in [0.15, 0.2) is 0 Å². The smallest absolute Gasteiger partial charge is 0.338 e. The van der Waals surface area contributed by atoms with E-state index in [9.17, 15) is 9.59 Å². The zero-order valence-electron chi connectivity index (χ0n) is 22.6. The molecule has 0 atom stereocenters. The molecular weight excluding hydrogens is 488 g/mol. The van der Waals surface area contributed by atoms with Gasteiger partial charge in [-0.3, -0.25) is 0 Å². The molecule has 2 saturated heterocycles. The fourth-order valence-corrected chi connectivity index (χ4v) is 4.31. The van der Waals surface area contributed by atoms with E-state index in [1.54, 1.807) is 24.3 Å². The molecule has 2 aromatic carbocycles. The average Bonchev–Trinajstić information content (AvgIpc) is 2.89. The number of rotatable bonds is 16. The first-order valence-corrected chi connectivity index (χ1v) is 13.6. The second kappa shape index (κ2) is 13.5. The monoisotopic (exact) mass is 528 g/mol. The Morgan fingerprint density at radius 1 is 0.658 bits per heavy atom. The maximum absolute atomic E-state index is 12.5. The zero-order chi connectivity index (χ0) is 26.8. The molecule has 0 spiro atoms. The molecule has 0 amide bonds. The molecule has 0 saturated carbocycles. The van der Waals surface area contributed by atoms with Gasteiger partial charge in [0.1, 0.15) is 0 Å². The lowest BCUT2D eigenvalue weighted by molar-refractivity contribution is -0.138. The number of hydrogen-bond donors (Lipinski definition) is 0. The summed E-state index contributed by atoms with van der Waals surface area (Å²) in [4.78, 5) is 25.0. The lowest BCUT2D eigenvalue weighted by Gasteiger charge is -2.37. The van der Waals surface area contributed by atoms with E-state index in [2.05, 4.69) is 13.8 Å². The predicted octanol–water partition coefficient (Wildman–Crippen LogP) is 4.82. The average molecular weight is 529 g/mol. The molecule has 208 valence electrons. The molecule has 0 unspecified atom stereocenters. The number of unbranched alkanes of at least 4 members (excludes halogenated alkanes) is 2. The minimum absolute atomic E-state index is 0.151. The number of hydrogen-bond acceptors (Lipinski definition) is 8. The summed E-state index contributed by atoms with van der Waals surface area (Å²) in [5, 5.41) is 1.72. The maximum Gasteiger partial charge on any atom is 0.338 e. The largest absolute Gasteiger partial charge is 0.462 e.